The molecule has 0 aliphatic rings. The van der Waals surface area contributed by atoms with E-state index in [-0.39, 0.29) is 0 Å². The van der Waals surface area contributed by atoms with Gasteiger partial charge in [0.05, 0.1) is 0 Å². The average Bonchev–Trinajstić information content (AvgIpc) is 1.83. The lowest BCUT2D eigenvalue weighted by molar-refractivity contribution is 0.756. The lowest BCUT2D eigenvalue weighted by Gasteiger charge is -2.03. The summed E-state index contributed by atoms with van der Waals surface area (Å²) in [5.74, 6) is 0.969. The third kappa shape index (κ3) is 4.85. The lowest BCUT2D eigenvalue weighted by Crippen LogP contribution is -1.95. The zero-order chi connectivity index (χ0) is 6.41. The van der Waals surface area contributed by atoms with E-state index in [1.807, 2.05) is 0 Å². The Morgan fingerprint density at radius 1 is 1.50 bits per heavy atom. The predicted octanol–water partition coefficient (Wildman–Crippen LogP) is 2.22. The van der Waals surface area contributed by atoms with Gasteiger partial charge in [0.1, 0.15) is 0 Å². The Bertz CT molecular complexity index is 45.8. The summed E-state index contributed by atoms with van der Waals surface area (Å²) in [5.41, 5.74) is 0. The molecule has 0 aromatic rings. The molecule has 0 aliphatic carbocycles. The number of rotatable bonds is 4. The molecule has 0 saturated heterocycles. The Hall–Kier alpha value is 0.700. The van der Waals surface area contributed by atoms with Gasteiger partial charge < -0.3 is 0 Å². The fourth-order valence-corrected chi connectivity index (χ4v) is 0.836. The molecule has 0 nitrogen and oxygen atoms in total. The maximum atomic E-state index is 4.27. The van der Waals surface area contributed by atoms with E-state index in [2.05, 4.69) is 32.2 Å². The van der Waals surface area contributed by atoms with Crippen molar-refractivity contribution in [2.24, 2.45) is 0 Å². The Morgan fingerprint density at radius 2 is 2.12 bits per heavy atom. The normalized spacial score (nSPS) is 13.9. The van der Waals surface area contributed by atoms with Crippen LogP contribution in [0.1, 0.15) is 19.3 Å². The topological polar surface area (TPSA) is 0 Å². The van der Waals surface area contributed by atoms with Crippen molar-refractivity contribution in [2.75, 3.05) is 5.75 Å². The van der Waals surface area contributed by atoms with Gasteiger partial charge in [0, 0.05) is 5.25 Å². The van der Waals surface area contributed by atoms with Gasteiger partial charge in [-0.15, -0.1) is 0 Å². The first-order chi connectivity index (χ1) is 3.81. The summed E-state index contributed by atoms with van der Waals surface area (Å²) in [6, 6.07) is 0. The molecule has 49 valence electrons. The van der Waals surface area contributed by atoms with E-state index in [9.17, 15) is 0 Å². The summed E-state index contributed by atoms with van der Waals surface area (Å²) >= 11 is 8.35. The molecule has 0 heterocycles. The Kier molecular flexibility index (Phi) is 6.34. The third-order valence-corrected chi connectivity index (χ3v) is 1.86. The van der Waals surface area contributed by atoms with Gasteiger partial charge in [0.25, 0.3) is 0 Å². The van der Waals surface area contributed by atoms with Gasteiger partial charge in [-0.3, -0.25) is 0 Å². The van der Waals surface area contributed by atoms with Crippen molar-refractivity contribution in [3.05, 3.63) is 6.92 Å². The maximum Gasteiger partial charge on any atom is 0.00171 e. The van der Waals surface area contributed by atoms with Crippen molar-refractivity contribution in [1.82, 2.24) is 0 Å². The SMILES string of the molecule is [CH2]CC(S)CCCS. The highest BCUT2D eigenvalue weighted by atomic mass is 32.1. The van der Waals surface area contributed by atoms with Crippen LogP contribution in [0.5, 0.6) is 0 Å². The Labute approximate surface area is 62.9 Å². The van der Waals surface area contributed by atoms with E-state index in [0.717, 1.165) is 25.0 Å². The molecule has 8 heavy (non-hydrogen) atoms. The number of hydrogen-bond acceptors (Lipinski definition) is 2. The molecule has 0 bridgehead atoms. The molecule has 1 radical (unpaired) electrons. The molecule has 0 spiro atoms. The second-order valence-electron chi connectivity index (χ2n) is 1.81. The zero-order valence-corrected chi connectivity index (χ0v) is 6.80. The minimum atomic E-state index is 0.488. The average molecular weight is 149 g/mol. The molecular weight excluding hydrogens is 136 g/mol. The quantitative estimate of drug-likeness (QED) is 0.563. The van der Waals surface area contributed by atoms with Gasteiger partial charge in [-0.05, 0) is 25.0 Å². The third-order valence-electron chi connectivity index (χ3n) is 1.03. The fraction of sp³-hybridized carbons (Fsp3) is 0.833. The second-order valence-corrected chi connectivity index (χ2v) is 2.99. The van der Waals surface area contributed by atoms with Crippen LogP contribution in [0.15, 0.2) is 0 Å². The van der Waals surface area contributed by atoms with E-state index in [1.165, 1.54) is 0 Å². The minimum absolute atomic E-state index is 0.488. The molecule has 1 atom stereocenters. The highest BCUT2D eigenvalue weighted by Gasteiger charge is 1.95. The van der Waals surface area contributed by atoms with Gasteiger partial charge in [0.15, 0.2) is 0 Å². The van der Waals surface area contributed by atoms with Crippen LogP contribution in [-0.4, -0.2) is 11.0 Å². The van der Waals surface area contributed by atoms with E-state index >= 15 is 0 Å². The van der Waals surface area contributed by atoms with Gasteiger partial charge in [0.2, 0.25) is 0 Å². The van der Waals surface area contributed by atoms with Crippen molar-refractivity contribution in [1.29, 1.82) is 0 Å². The summed E-state index contributed by atoms with van der Waals surface area (Å²) in [6.45, 7) is 3.74. The first kappa shape index (κ1) is 8.70. The van der Waals surface area contributed by atoms with Crippen LogP contribution in [0.4, 0.5) is 0 Å². The van der Waals surface area contributed by atoms with Crippen LogP contribution in [-0.2, 0) is 0 Å². The molecule has 0 rings (SSSR count). The van der Waals surface area contributed by atoms with Crippen molar-refractivity contribution < 1.29 is 0 Å². The second kappa shape index (κ2) is 5.83. The van der Waals surface area contributed by atoms with E-state index in [4.69, 9.17) is 0 Å². The summed E-state index contributed by atoms with van der Waals surface area (Å²) in [6.07, 6.45) is 3.24. The van der Waals surface area contributed by atoms with Crippen molar-refractivity contribution in [3.8, 4) is 0 Å². The zero-order valence-electron chi connectivity index (χ0n) is 5.01. The van der Waals surface area contributed by atoms with Gasteiger partial charge in [-0.1, -0.05) is 6.92 Å². The first-order valence-corrected chi connectivity index (χ1v) is 4.04. The minimum Gasteiger partial charge on any atom is -0.179 e. The van der Waals surface area contributed by atoms with Crippen molar-refractivity contribution >= 4 is 25.3 Å². The lowest BCUT2D eigenvalue weighted by atomic mass is 10.2. The molecule has 1 unspecified atom stereocenters. The molecule has 0 saturated carbocycles. The van der Waals surface area contributed by atoms with Crippen LogP contribution in [0, 0.1) is 6.92 Å². The van der Waals surface area contributed by atoms with Crippen LogP contribution < -0.4 is 0 Å². The molecule has 0 aromatic carbocycles. The van der Waals surface area contributed by atoms with Crippen LogP contribution in [0.2, 0.25) is 0 Å². The smallest absolute Gasteiger partial charge is 0.00171 e. The van der Waals surface area contributed by atoms with Crippen molar-refractivity contribution in [2.45, 2.75) is 24.5 Å². The fourth-order valence-electron chi connectivity index (χ4n) is 0.471. The summed E-state index contributed by atoms with van der Waals surface area (Å²) in [4.78, 5) is 0. The van der Waals surface area contributed by atoms with Gasteiger partial charge in [-0.25, -0.2) is 0 Å². The first-order valence-electron chi connectivity index (χ1n) is 2.89. The van der Waals surface area contributed by atoms with E-state index in [1.54, 1.807) is 0 Å². The standard InChI is InChI=1S/C6H13S2/c1-2-6(8)4-3-5-7/h6-8H,1-5H2. The molecule has 0 fully saturated rings. The van der Waals surface area contributed by atoms with Gasteiger partial charge >= 0.3 is 0 Å². The molecule has 0 aromatic heterocycles. The molecular formula is C6H13S2. The number of hydrogen-bond donors (Lipinski definition) is 2. The monoisotopic (exact) mass is 149 g/mol. The maximum absolute atomic E-state index is 4.27. The molecule has 0 aliphatic heterocycles. The van der Waals surface area contributed by atoms with Crippen LogP contribution >= 0.6 is 25.3 Å². The highest BCUT2D eigenvalue weighted by molar-refractivity contribution is 7.81. The molecule has 0 amide bonds. The Balaban J connectivity index is 2.86. The van der Waals surface area contributed by atoms with Crippen LogP contribution in [0.3, 0.4) is 0 Å². The van der Waals surface area contributed by atoms with E-state index < -0.39 is 0 Å². The van der Waals surface area contributed by atoms with Crippen LogP contribution in [0.25, 0.3) is 0 Å². The predicted molar refractivity (Wildman–Crippen MR) is 45.8 cm³/mol. The van der Waals surface area contributed by atoms with E-state index in [0.29, 0.717) is 5.25 Å². The molecule has 0 N–H and O–H groups in total. The van der Waals surface area contributed by atoms with Crippen molar-refractivity contribution in [3.63, 3.8) is 0 Å². The summed E-state index contributed by atoms with van der Waals surface area (Å²) < 4.78 is 0. The summed E-state index contributed by atoms with van der Waals surface area (Å²) in [7, 11) is 0. The Morgan fingerprint density at radius 3 is 2.50 bits per heavy atom. The number of thiol groups is 2. The molecule has 2 heteroatoms. The highest BCUT2D eigenvalue weighted by Crippen LogP contribution is 2.07. The van der Waals surface area contributed by atoms with Gasteiger partial charge in [-0.2, -0.15) is 25.3 Å². The largest absolute Gasteiger partial charge is 0.179 e. The summed E-state index contributed by atoms with van der Waals surface area (Å²) in [5, 5.41) is 0.488.